The van der Waals surface area contributed by atoms with Gasteiger partial charge in [-0.05, 0) is 37.3 Å². The Kier molecular flexibility index (Phi) is 6.20. The van der Waals surface area contributed by atoms with Gasteiger partial charge < -0.3 is 0 Å². The van der Waals surface area contributed by atoms with E-state index in [0.29, 0.717) is 0 Å². The number of benzene rings is 1. The number of hydrogen-bond donors (Lipinski definition) is 0. The molecular weight excluding hydrogens is 223 g/mol. The van der Waals surface area contributed by atoms with Gasteiger partial charge in [-0.15, -0.1) is 9.24 Å². The highest BCUT2D eigenvalue weighted by molar-refractivity contribution is 7.18. The first-order chi connectivity index (χ1) is 8.10. The topological polar surface area (TPSA) is 0 Å². The van der Waals surface area contributed by atoms with E-state index >= 15 is 0 Å². The van der Waals surface area contributed by atoms with E-state index in [4.69, 9.17) is 0 Å². The maximum Gasteiger partial charge on any atom is 0.00979 e. The summed E-state index contributed by atoms with van der Waals surface area (Å²) in [6.45, 7) is 8.80. The zero-order chi connectivity index (χ0) is 12.7. The molecule has 0 amide bonds. The fraction of sp³-hybridized carbons (Fsp3) is 0.562. The van der Waals surface area contributed by atoms with Crippen molar-refractivity contribution in [2.45, 2.75) is 57.5 Å². The third-order valence-corrected chi connectivity index (χ3v) is 3.95. The van der Waals surface area contributed by atoms with Gasteiger partial charge in [-0.3, -0.25) is 0 Å². The summed E-state index contributed by atoms with van der Waals surface area (Å²) in [4.78, 5) is 0. The second kappa shape index (κ2) is 7.17. The lowest BCUT2D eigenvalue weighted by Gasteiger charge is -2.25. The lowest BCUT2D eigenvalue weighted by atomic mass is 9.93. The molecule has 0 spiro atoms. The Hall–Kier alpha value is -0.350. The van der Waals surface area contributed by atoms with Crippen LogP contribution in [0.4, 0.5) is 0 Å². The van der Waals surface area contributed by atoms with Crippen LogP contribution in [0.1, 0.15) is 57.1 Å². The molecule has 0 fully saturated rings. The van der Waals surface area contributed by atoms with Crippen molar-refractivity contribution < 1.29 is 0 Å². The summed E-state index contributed by atoms with van der Waals surface area (Å²) >= 11 is 0. The standard InChI is InChI=1S/C16H26P/c1-4-6-8-14-9-11-15(12-10-14)16(3,17)13-7-5-2/h9-12H,3-8,13,17H2,1-2H3. The lowest BCUT2D eigenvalue weighted by Crippen LogP contribution is -2.13. The second-order valence-electron chi connectivity index (χ2n) is 5.06. The van der Waals surface area contributed by atoms with E-state index in [9.17, 15) is 0 Å². The molecule has 0 saturated heterocycles. The first kappa shape index (κ1) is 14.7. The summed E-state index contributed by atoms with van der Waals surface area (Å²) in [5.74, 6) is 0. The van der Waals surface area contributed by atoms with Gasteiger partial charge in [0.25, 0.3) is 0 Å². The summed E-state index contributed by atoms with van der Waals surface area (Å²) in [5, 5.41) is -0.000698. The molecular formula is C16H26P. The molecule has 2 atom stereocenters. The van der Waals surface area contributed by atoms with Crippen LogP contribution in [0.2, 0.25) is 0 Å². The second-order valence-corrected chi connectivity index (χ2v) is 6.17. The Bertz CT molecular complexity index is 311. The molecule has 17 heavy (non-hydrogen) atoms. The minimum atomic E-state index is -0.000698. The first-order valence-electron chi connectivity index (χ1n) is 6.83. The maximum atomic E-state index is 4.33. The predicted octanol–water partition coefficient (Wildman–Crippen LogP) is 5.12. The van der Waals surface area contributed by atoms with Gasteiger partial charge in [-0.2, -0.15) is 0 Å². The molecule has 0 heterocycles. The maximum absolute atomic E-state index is 4.33. The number of hydrogen-bond acceptors (Lipinski definition) is 0. The van der Waals surface area contributed by atoms with E-state index in [2.05, 4.69) is 54.3 Å². The van der Waals surface area contributed by atoms with Gasteiger partial charge in [0.15, 0.2) is 0 Å². The number of unbranched alkanes of at least 4 members (excludes halogenated alkanes) is 2. The van der Waals surface area contributed by atoms with Crippen LogP contribution in [-0.2, 0) is 11.6 Å². The molecule has 1 aromatic carbocycles. The van der Waals surface area contributed by atoms with E-state index in [1.165, 1.54) is 43.2 Å². The van der Waals surface area contributed by atoms with Crippen molar-refractivity contribution in [1.82, 2.24) is 0 Å². The Morgan fingerprint density at radius 3 is 2.18 bits per heavy atom. The van der Waals surface area contributed by atoms with Gasteiger partial charge in [-0.1, -0.05) is 57.4 Å². The summed E-state index contributed by atoms with van der Waals surface area (Å²) in [7, 11) is 2.92. The molecule has 0 aromatic heterocycles. The quantitative estimate of drug-likeness (QED) is 0.588. The molecule has 0 aliphatic rings. The highest BCUT2D eigenvalue weighted by atomic mass is 31.0. The van der Waals surface area contributed by atoms with Gasteiger partial charge in [0.05, 0.1) is 0 Å². The van der Waals surface area contributed by atoms with Crippen molar-refractivity contribution in [2.75, 3.05) is 0 Å². The predicted molar refractivity (Wildman–Crippen MR) is 81.3 cm³/mol. The Labute approximate surface area is 109 Å². The van der Waals surface area contributed by atoms with Gasteiger partial charge in [-0.25, -0.2) is 0 Å². The molecule has 1 aromatic rings. The smallest absolute Gasteiger partial charge is 0.00979 e. The average molecular weight is 249 g/mol. The Morgan fingerprint density at radius 1 is 1.06 bits per heavy atom. The zero-order valence-corrected chi connectivity index (χ0v) is 12.5. The Balaban J connectivity index is 2.65. The molecule has 1 rings (SSSR count). The molecule has 0 aliphatic heterocycles. The van der Waals surface area contributed by atoms with Crippen LogP contribution in [0.5, 0.6) is 0 Å². The molecule has 2 unspecified atom stereocenters. The third kappa shape index (κ3) is 4.80. The zero-order valence-electron chi connectivity index (χ0n) is 11.3. The number of aryl methyl sites for hydroxylation is 1. The van der Waals surface area contributed by atoms with Crippen molar-refractivity contribution in [3.05, 3.63) is 42.3 Å². The van der Waals surface area contributed by atoms with Gasteiger partial charge in [0, 0.05) is 5.16 Å². The van der Waals surface area contributed by atoms with Crippen LogP contribution in [0.25, 0.3) is 0 Å². The fourth-order valence-electron chi connectivity index (χ4n) is 2.02. The third-order valence-electron chi connectivity index (χ3n) is 3.32. The van der Waals surface area contributed by atoms with Crippen LogP contribution in [0, 0.1) is 6.92 Å². The largest absolute Gasteiger partial charge is 0.126 e. The summed E-state index contributed by atoms with van der Waals surface area (Å²) < 4.78 is 0. The van der Waals surface area contributed by atoms with E-state index in [1.54, 1.807) is 0 Å². The molecule has 0 aliphatic carbocycles. The van der Waals surface area contributed by atoms with Gasteiger partial charge >= 0.3 is 0 Å². The molecule has 0 bridgehead atoms. The summed E-state index contributed by atoms with van der Waals surface area (Å²) in [6.07, 6.45) is 7.37. The van der Waals surface area contributed by atoms with Crippen LogP contribution >= 0.6 is 9.24 Å². The van der Waals surface area contributed by atoms with Gasteiger partial charge in [0.1, 0.15) is 0 Å². The van der Waals surface area contributed by atoms with Crippen LogP contribution < -0.4 is 0 Å². The SMILES string of the molecule is [CH2]C(P)(CCCC)c1ccc(CCCC)cc1. The van der Waals surface area contributed by atoms with Crippen molar-refractivity contribution in [2.24, 2.45) is 0 Å². The van der Waals surface area contributed by atoms with E-state index in [-0.39, 0.29) is 5.16 Å². The van der Waals surface area contributed by atoms with Crippen LogP contribution in [0.3, 0.4) is 0 Å². The summed E-state index contributed by atoms with van der Waals surface area (Å²) in [5.41, 5.74) is 2.79. The van der Waals surface area contributed by atoms with Crippen molar-refractivity contribution in [1.29, 1.82) is 0 Å². The molecule has 1 heteroatoms. The van der Waals surface area contributed by atoms with Crippen molar-refractivity contribution in [3.8, 4) is 0 Å². The van der Waals surface area contributed by atoms with Crippen molar-refractivity contribution in [3.63, 3.8) is 0 Å². The normalized spacial score (nSPS) is 14.6. The summed E-state index contributed by atoms with van der Waals surface area (Å²) in [6, 6.07) is 9.03. The van der Waals surface area contributed by atoms with E-state index < -0.39 is 0 Å². The lowest BCUT2D eigenvalue weighted by molar-refractivity contribution is 0.620. The fourth-order valence-corrected chi connectivity index (χ4v) is 2.42. The monoisotopic (exact) mass is 249 g/mol. The average Bonchev–Trinajstić information content (AvgIpc) is 2.34. The van der Waals surface area contributed by atoms with E-state index in [0.717, 1.165) is 6.42 Å². The molecule has 1 radical (unpaired) electrons. The van der Waals surface area contributed by atoms with Gasteiger partial charge in [0.2, 0.25) is 0 Å². The van der Waals surface area contributed by atoms with Crippen LogP contribution in [-0.4, -0.2) is 0 Å². The highest BCUT2D eigenvalue weighted by Crippen LogP contribution is 2.35. The molecule has 0 N–H and O–H groups in total. The first-order valence-corrected chi connectivity index (χ1v) is 7.41. The highest BCUT2D eigenvalue weighted by Gasteiger charge is 2.19. The van der Waals surface area contributed by atoms with E-state index in [1.807, 2.05) is 0 Å². The molecule has 0 nitrogen and oxygen atoms in total. The van der Waals surface area contributed by atoms with Crippen molar-refractivity contribution >= 4 is 9.24 Å². The minimum Gasteiger partial charge on any atom is -0.126 e. The molecule has 0 saturated carbocycles. The minimum absolute atomic E-state index is 0.000698. The Morgan fingerprint density at radius 2 is 1.65 bits per heavy atom. The molecule has 95 valence electrons. The van der Waals surface area contributed by atoms with Crippen LogP contribution in [0.15, 0.2) is 24.3 Å². The number of rotatable bonds is 7.